The fourth-order valence-electron chi connectivity index (χ4n) is 5.65. The van der Waals surface area contributed by atoms with Gasteiger partial charge in [-0.2, -0.15) is 0 Å². The number of methoxy groups -OCH3 is 2. The quantitative estimate of drug-likeness (QED) is 0.179. The molecule has 5 aromatic rings. The summed E-state index contributed by atoms with van der Waals surface area (Å²) in [5.41, 5.74) is 3.12. The Morgan fingerprint density at radius 3 is 2.33 bits per heavy atom. The summed E-state index contributed by atoms with van der Waals surface area (Å²) in [6, 6.07) is 30.6. The van der Waals surface area contributed by atoms with Gasteiger partial charge in [-0.25, -0.2) is 4.98 Å². The third kappa shape index (κ3) is 5.53. The van der Waals surface area contributed by atoms with E-state index in [1.165, 1.54) is 0 Å². The van der Waals surface area contributed by atoms with Crippen LogP contribution in [0.25, 0.3) is 32.8 Å². The third-order valence-corrected chi connectivity index (χ3v) is 7.72. The van der Waals surface area contributed by atoms with Crippen molar-refractivity contribution >= 4 is 21.7 Å². The molecule has 40 heavy (non-hydrogen) atoms. The first kappa shape index (κ1) is 27.6. The lowest BCUT2D eigenvalue weighted by molar-refractivity contribution is 0.0660. The monoisotopic (exact) mass is 534 g/mol. The molecule has 0 saturated heterocycles. The van der Waals surface area contributed by atoms with Gasteiger partial charge in [-0.1, -0.05) is 73.2 Å². The van der Waals surface area contributed by atoms with Crippen LogP contribution in [-0.2, 0) is 5.60 Å². The molecule has 0 spiro atoms. The number of fused-ring (bicyclic) bond motifs is 2. The van der Waals surface area contributed by atoms with Crippen molar-refractivity contribution in [3.8, 4) is 22.8 Å². The predicted octanol–water partition coefficient (Wildman–Crippen LogP) is 7.43. The van der Waals surface area contributed by atoms with Crippen LogP contribution in [0.2, 0.25) is 0 Å². The van der Waals surface area contributed by atoms with Crippen molar-refractivity contribution in [3.05, 3.63) is 102 Å². The van der Waals surface area contributed by atoms with Gasteiger partial charge in [-0.3, -0.25) is 0 Å². The molecule has 4 aromatic carbocycles. The van der Waals surface area contributed by atoms with Crippen molar-refractivity contribution < 1.29 is 14.6 Å². The zero-order valence-corrected chi connectivity index (χ0v) is 23.9. The molecule has 0 bridgehead atoms. The van der Waals surface area contributed by atoms with Crippen LogP contribution in [-0.4, -0.2) is 49.9 Å². The maximum absolute atomic E-state index is 12.7. The van der Waals surface area contributed by atoms with E-state index in [1.807, 2.05) is 54.6 Å². The summed E-state index contributed by atoms with van der Waals surface area (Å²) in [6.07, 6.45) is 3.53. The van der Waals surface area contributed by atoms with Crippen LogP contribution in [0.5, 0.6) is 11.6 Å². The summed E-state index contributed by atoms with van der Waals surface area (Å²) in [7, 11) is 7.50. The van der Waals surface area contributed by atoms with Crippen molar-refractivity contribution in [1.29, 1.82) is 0 Å². The van der Waals surface area contributed by atoms with Gasteiger partial charge in [0.25, 0.3) is 0 Å². The summed E-state index contributed by atoms with van der Waals surface area (Å²) in [5.74, 6) is 1.26. The Balaban J connectivity index is 1.66. The zero-order chi connectivity index (χ0) is 28.1. The molecule has 0 fully saturated rings. The van der Waals surface area contributed by atoms with Crippen LogP contribution in [0.1, 0.15) is 36.8 Å². The second-order valence-electron chi connectivity index (χ2n) is 10.7. The summed E-state index contributed by atoms with van der Waals surface area (Å²) < 4.78 is 11.5. The second kappa shape index (κ2) is 12.1. The van der Waals surface area contributed by atoms with Crippen LogP contribution in [0.4, 0.5) is 0 Å². The summed E-state index contributed by atoms with van der Waals surface area (Å²) in [5, 5.41) is 15.8. The highest BCUT2D eigenvalue weighted by molar-refractivity contribution is 5.89. The fourth-order valence-corrected chi connectivity index (χ4v) is 5.65. The molecule has 5 heteroatoms. The van der Waals surface area contributed by atoms with E-state index < -0.39 is 5.60 Å². The van der Waals surface area contributed by atoms with Crippen LogP contribution in [0.15, 0.2) is 91.0 Å². The van der Waals surface area contributed by atoms with E-state index in [9.17, 15) is 5.11 Å². The first-order valence-electron chi connectivity index (χ1n) is 13.9. The van der Waals surface area contributed by atoms with Gasteiger partial charge in [0.05, 0.1) is 25.3 Å². The van der Waals surface area contributed by atoms with Gasteiger partial charge in [-0.05, 0) is 86.1 Å². The molecule has 5 rings (SSSR count). The summed E-state index contributed by atoms with van der Waals surface area (Å²) >= 11 is 0. The molecule has 1 unspecified atom stereocenters. The molecule has 0 aliphatic rings. The van der Waals surface area contributed by atoms with Crippen molar-refractivity contribution in [1.82, 2.24) is 9.88 Å². The third-order valence-electron chi connectivity index (χ3n) is 7.72. The Labute approximate surface area is 237 Å². The van der Waals surface area contributed by atoms with E-state index in [2.05, 4.69) is 55.4 Å². The van der Waals surface area contributed by atoms with Gasteiger partial charge < -0.3 is 19.5 Å². The highest BCUT2D eigenvalue weighted by atomic mass is 16.5. The minimum atomic E-state index is -1.29. The number of nitrogens with zero attached hydrogens (tertiary/aromatic N) is 2. The van der Waals surface area contributed by atoms with Gasteiger partial charge in [0.1, 0.15) is 11.4 Å². The van der Waals surface area contributed by atoms with Gasteiger partial charge in [0.2, 0.25) is 5.88 Å². The SMILES string of the molecule is COc1ccccc1-c1ccc2nc(OC)c(C(O)(CCCCCN(C)C)c3cccc4ccccc34)cc2c1. The van der Waals surface area contributed by atoms with Crippen molar-refractivity contribution in [3.63, 3.8) is 0 Å². The highest BCUT2D eigenvalue weighted by Crippen LogP contribution is 2.43. The number of pyridine rings is 1. The maximum atomic E-state index is 12.7. The smallest absolute Gasteiger partial charge is 0.220 e. The minimum Gasteiger partial charge on any atom is -0.496 e. The van der Waals surface area contributed by atoms with Crippen molar-refractivity contribution in [2.75, 3.05) is 34.9 Å². The molecule has 1 aromatic heterocycles. The van der Waals surface area contributed by atoms with Gasteiger partial charge in [-0.15, -0.1) is 0 Å². The minimum absolute atomic E-state index is 0.446. The Morgan fingerprint density at radius 1 is 0.750 bits per heavy atom. The topological polar surface area (TPSA) is 54.8 Å². The van der Waals surface area contributed by atoms with Gasteiger partial charge in [0, 0.05) is 10.9 Å². The fraction of sp³-hybridized carbons (Fsp3) is 0.286. The standard InChI is InChI=1S/C35H38N2O3/c1-37(2)22-11-5-10-21-35(38,30-17-12-14-25-13-6-7-15-28(25)30)31-24-27-23-26(19-20-32(27)36-34(31)40-4)29-16-8-9-18-33(29)39-3/h6-9,12-20,23-24,38H,5,10-11,21-22H2,1-4H3. The van der Waals surface area contributed by atoms with Crippen LogP contribution < -0.4 is 9.47 Å². The lowest BCUT2D eigenvalue weighted by atomic mass is 9.79. The van der Waals surface area contributed by atoms with Gasteiger partial charge >= 0.3 is 0 Å². The molecular formula is C35H38N2O3. The van der Waals surface area contributed by atoms with E-state index in [-0.39, 0.29) is 0 Å². The van der Waals surface area contributed by atoms with Gasteiger partial charge in [0.15, 0.2) is 0 Å². The van der Waals surface area contributed by atoms with E-state index in [1.54, 1.807) is 14.2 Å². The molecule has 1 N–H and O–H groups in total. The Morgan fingerprint density at radius 2 is 1.52 bits per heavy atom. The van der Waals surface area contributed by atoms with E-state index in [4.69, 9.17) is 14.5 Å². The molecule has 0 radical (unpaired) electrons. The average Bonchev–Trinajstić information content (AvgIpc) is 2.99. The number of aromatic nitrogens is 1. The van der Waals surface area contributed by atoms with Crippen molar-refractivity contribution in [2.24, 2.45) is 0 Å². The molecule has 206 valence electrons. The molecule has 1 atom stereocenters. The first-order valence-corrected chi connectivity index (χ1v) is 13.9. The molecular weight excluding hydrogens is 496 g/mol. The number of unbranched alkanes of at least 4 members (excludes halogenated alkanes) is 2. The second-order valence-corrected chi connectivity index (χ2v) is 10.7. The largest absolute Gasteiger partial charge is 0.496 e. The molecule has 0 saturated carbocycles. The summed E-state index contributed by atoms with van der Waals surface area (Å²) in [6.45, 7) is 1.03. The normalized spacial score (nSPS) is 13.1. The highest BCUT2D eigenvalue weighted by Gasteiger charge is 2.36. The number of para-hydroxylation sites is 1. The van der Waals surface area contributed by atoms with Crippen LogP contribution in [0, 0.1) is 0 Å². The maximum Gasteiger partial charge on any atom is 0.220 e. The van der Waals surface area contributed by atoms with Crippen molar-refractivity contribution in [2.45, 2.75) is 31.3 Å². The van der Waals surface area contributed by atoms with E-state index in [0.717, 1.165) is 69.9 Å². The summed E-state index contributed by atoms with van der Waals surface area (Å²) in [4.78, 5) is 7.09. The molecule has 0 amide bonds. The zero-order valence-electron chi connectivity index (χ0n) is 23.9. The number of hydrogen-bond donors (Lipinski definition) is 1. The van der Waals surface area contributed by atoms with E-state index in [0.29, 0.717) is 17.9 Å². The number of rotatable bonds is 11. The molecule has 0 aliphatic carbocycles. The molecule has 5 nitrogen and oxygen atoms in total. The molecule has 1 heterocycles. The average molecular weight is 535 g/mol. The number of aliphatic hydroxyl groups is 1. The van der Waals surface area contributed by atoms with Crippen LogP contribution >= 0.6 is 0 Å². The first-order chi connectivity index (χ1) is 19.4. The number of benzene rings is 4. The lowest BCUT2D eigenvalue weighted by Gasteiger charge is -2.32. The molecule has 0 aliphatic heterocycles. The Kier molecular flexibility index (Phi) is 8.34. The number of ether oxygens (including phenoxy) is 2. The predicted molar refractivity (Wildman–Crippen MR) is 164 cm³/mol. The van der Waals surface area contributed by atoms with E-state index >= 15 is 0 Å². The van der Waals surface area contributed by atoms with Crippen LogP contribution in [0.3, 0.4) is 0 Å². The lowest BCUT2D eigenvalue weighted by Crippen LogP contribution is -2.29. The Bertz CT molecular complexity index is 1610. The Hall–Kier alpha value is -3.93. The number of hydrogen-bond acceptors (Lipinski definition) is 5.